The van der Waals surface area contributed by atoms with Crippen molar-refractivity contribution in [2.45, 2.75) is 63.5 Å². The molecule has 0 radical (unpaired) electrons. The second kappa shape index (κ2) is 10.6. The minimum atomic E-state index is -0.389. The fraction of sp³-hybridized carbons (Fsp3) is 0.600. The topological polar surface area (TPSA) is 111 Å². The van der Waals surface area contributed by atoms with Crippen LogP contribution in [0.4, 0.5) is 0 Å². The van der Waals surface area contributed by atoms with Crippen molar-refractivity contribution in [2.24, 2.45) is 0 Å². The summed E-state index contributed by atoms with van der Waals surface area (Å²) in [6, 6.07) is 0.381. The molecule has 8 heteroatoms. The summed E-state index contributed by atoms with van der Waals surface area (Å²) in [5, 5.41) is 6.75. The van der Waals surface area contributed by atoms with Gasteiger partial charge in [-0.1, -0.05) is 0 Å². The van der Waals surface area contributed by atoms with E-state index in [1.54, 1.807) is 12.2 Å². The zero-order chi connectivity index (χ0) is 20.5. The SMILES string of the molecule is COC(=O)CCC(=O)/C=C1/CCC(C2CC/C(=C/C(=O)CCC(=O)OC)N2)N1. The van der Waals surface area contributed by atoms with Gasteiger partial charge in [-0.2, -0.15) is 0 Å². The Morgan fingerprint density at radius 2 is 1.18 bits per heavy atom. The number of hydrogen-bond donors (Lipinski definition) is 2. The summed E-state index contributed by atoms with van der Waals surface area (Å²) in [5.41, 5.74) is 1.77. The van der Waals surface area contributed by atoms with Crippen molar-refractivity contribution in [3.05, 3.63) is 23.5 Å². The zero-order valence-electron chi connectivity index (χ0n) is 16.4. The number of esters is 2. The predicted octanol–water partition coefficient (Wildman–Crippen LogP) is 1.30. The number of ether oxygens (including phenoxy) is 2. The Bertz CT molecular complexity index is 624. The van der Waals surface area contributed by atoms with Gasteiger partial charge in [-0.05, 0) is 25.7 Å². The molecule has 0 aromatic rings. The van der Waals surface area contributed by atoms with Gasteiger partial charge in [0.25, 0.3) is 0 Å². The molecule has 2 unspecified atom stereocenters. The first-order valence-electron chi connectivity index (χ1n) is 9.54. The summed E-state index contributed by atoms with van der Waals surface area (Å²) in [6.45, 7) is 0. The van der Waals surface area contributed by atoms with Crippen molar-refractivity contribution in [2.75, 3.05) is 14.2 Å². The second-order valence-corrected chi connectivity index (χ2v) is 7.00. The third kappa shape index (κ3) is 6.83. The number of carbonyl (C=O) groups is 4. The van der Waals surface area contributed by atoms with E-state index in [1.165, 1.54) is 14.2 Å². The van der Waals surface area contributed by atoms with Crippen molar-refractivity contribution in [1.29, 1.82) is 0 Å². The average Bonchev–Trinajstić information content (AvgIpc) is 3.33. The normalized spacial score (nSPS) is 23.9. The molecule has 154 valence electrons. The number of ketones is 2. The maximum absolute atomic E-state index is 11.9. The predicted molar refractivity (Wildman–Crippen MR) is 101 cm³/mol. The smallest absolute Gasteiger partial charge is 0.305 e. The molecule has 28 heavy (non-hydrogen) atoms. The van der Waals surface area contributed by atoms with Crippen LogP contribution in [0, 0.1) is 0 Å². The van der Waals surface area contributed by atoms with Gasteiger partial charge in [0.1, 0.15) is 0 Å². The van der Waals surface area contributed by atoms with E-state index in [0.29, 0.717) is 0 Å². The van der Waals surface area contributed by atoms with E-state index < -0.39 is 0 Å². The van der Waals surface area contributed by atoms with Gasteiger partial charge in [0.15, 0.2) is 11.6 Å². The number of nitrogens with one attached hydrogen (secondary N) is 2. The number of hydrogen-bond acceptors (Lipinski definition) is 8. The van der Waals surface area contributed by atoms with Crippen LogP contribution in [0.5, 0.6) is 0 Å². The van der Waals surface area contributed by atoms with Gasteiger partial charge in [-0.15, -0.1) is 0 Å². The lowest BCUT2D eigenvalue weighted by molar-refractivity contribution is -0.142. The maximum atomic E-state index is 11.9. The molecule has 0 bridgehead atoms. The highest BCUT2D eigenvalue weighted by atomic mass is 16.5. The Hall–Kier alpha value is -2.64. The Morgan fingerprint density at radius 3 is 1.54 bits per heavy atom. The molecular formula is C20H28N2O6. The molecule has 2 N–H and O–H groups in total. The van der Waals surface area contributed by atoms with Gasteiger partial charge >= 0.3 is 11.9 Å². The van der Waals surface area contributed by atoms with Gasteiger partial charge in [0, 0.05) is 48.5 Å². The molecule has 2 saturated heterocycles. The van der Waals surface area contributed by atoms with Gasteiger partial charge < -0.3 is 20.1 Å². The second-order valence-electron chi connectivity index (χ2n) is 7.00. The Morgan fingerprint density at radius 1 is 0.786 bits per heavy atom. The molecule has 2 aliphatic rings. The third-order valence-electron chi connectivity index (χ3n) is 4.95. The van der Waals surface area contributed by atoms with E-state index >= 15 is 0 Å². The van der Waals surface area contributed by atoms with Gasteiger partial charge in [0.2, 0.25) is 0 Å². The van der Waals surface area contributed by atoms with E-state index in [0.717, 1.165) is 37.1 Å². The molecule has 2 rings (SSSR count). The molecule has 2 heterocycles. The minimum Gasteiger partial charge on any atom is -0.469 e. The number of rotatable bonds is 9. The van der Waals surface area contributed by atoms with E-state index in [4.69, 9.17) is 0 Å². The molecular weight excluding hydrogens is 364 g/mol. The summed E-state index contributed by atoms with van der Waals surface area (Å²) < 4.78 is 9.07. The lowest BCUT2D eigenvalue weighted by Crippen LogP contribution is -2.40. The van der Waals surface area contributed by atoms with Gasteiger partial charge in [0.05, 0.1) is 27.1 Å². The highest BCUT2D eigenvalue weighted by molar-refractivity contribution is 5.93. The van der Waals surface area contributed by atoms with Crippen molar-refractivity contribution < 1.29 is 28.7 Å². The van der Waals surface area contributed by atoms with Crippen LogP contribution < -0.4 is 10.6 Å². The van der Waals surface area contributed by atoms with E-state index in [1.807, 2.05) is 0 Å². The molecule has 0 aromatic heterocycles. The molecule has 2 fully saturated rings. The first kappa shape index (κ1) is 21.7. The van der Waals surface area contributed by atoms with E-state index in [-0.39, 0.29) is 61.3 Å². The van der Waals surface area contributed by atoms with Crippen LogP contribution in [0.3, 0.4) is 0 Å². The molecule has 0 saturated carbocycles. The fourth-order valence-corrected chi connectivity index (χ4v) is 3.41. The van der Waals surface area contributed by atoms with Crippen molar-refractivity contribution in [3.63, 3.8) is 0 Å². The molecule has 0 aliphatic carbocycles. The molecule has 8 nitrogen and oxygen atoms in total. The van der Waals surface area contributed by atoms with Crippen molar-refractivity contribution in [1.82, 2.24) is 10.6 Å². The molecule has 2 aliphatic heterocycles. The monoisotopic (exact) mass is 392 g/mol. The first-order valence-corrected chi connectivity index (χ1v) is 9.54. The molecule has 0 amide bonds. The molecule has 0 aromatic carbocycles. The van der Waals surface area contributed by atoms with Crippen LogP contribution in [0.2, 0.25) is 0 Å². The van der Waals surface area contributed by atoms with Gasteiger partial charge in [-0.3, -0.25) is 19.2 Å². The summed E-state index contributed by atoms with van der Waals surface area (Å²) >= 11 is 0. The average molecular weight is 392 g/mol. The zero-order valence-corrected chi connectivity index (χ0v) is 16.4. The summed E-state index contributed by atoms with van der Waals surface area (Å²) in [6.07, 6.45) is 6.98. The first-order chi connectivity index (χ1) is 13.4. The van der Waals surface area contributed by atoms with Crippen LogP contribution in [0.1, 0.15) is 51.4 Å². The summed E-state index contributed by atoms with van der Waals surface area (Å²) in [7, 11) is 2.61. The Kier molecular flexibility index (Phi) is 8.22. The van der Waals surface area contributed by atoms with Crippen LogP contribution >= 0.6 is 0 Å². The van der Waals surface area contributed by atoms with Crippen LogP contribution in [0.15, 0.2) is 23.5 Å². The maximum Gasteiger partial charge on any atom is 0.305 e. The van der Waals surface area contributed by atoms with Crippen LogP contribution in [0.25, 0.3) is 0 Å². The van der Waals surface area contributed by atoms with Crippen molar-refractivity contribution in [3.8, 4) is 0 Å². The summed E-state index contributed by atoms with van der Waals surface area (Å²) in [5.74, 6) is -0.964. The summed E-state index contributed by atoms with van der Waals surface area (Å²) in [4.78, 5) is 46.1. The van der Waals surface area contributed by atoms with Crippen LogP contribution in [-0.2, 0) is 28.7 Å². The lowest BCUT2D eigenvalue weighted by Gasteiger charge is -2.20. The minimum absolute atomic E-state index is 0.0882. The number of methoxy groups -OCH3 is 2. The lowest BCUT2D eigenvalue weighted by atomic mass is 10.1. The van der Waals surface area contributed by atoms with E-state index in [9.17, 15) is 19.2 Å². The van der Waals surface area contributed by atoms with Crippen LogP contribution in [-0.4, -0.2) is 49.8 Å². The Balaban J connectivity index is 1.78. The highest BCUT2D eigenvalue weighted by Gasteiger charge is 2.31. The Labute approximate surface area is 164 Å². The third-order valence-corrected chi connectivity index (χ3v) is 4.95. The molecule has 2 atom stereocenters. The van der Waals surface area contributed by atoms with Crippen molar-refractivity contribution >= 4 is 23.5 Å². The highest BCUT2D eigenvalue weighted by Crippen LogP contribution is 2.26. The fourth-order valence-electron chi connectivity index (χ4n) is 3.41. The van der Waals surface area contributed by atoms with Gasteiger partial charge in [-0.25, -0.2) is 0 Å². The molecule has 0 spiro atoms. The number of allylic oxidation sites excluding steroid dienone is 4. The largest absolute Gasteiger partial charge is 0.469 e. The standard InChI is InChI=1S/C20H28N2O6/c1-27-19(25)9-5-15(23)11-13-3-7-17(21-13)18-8-4-14(22-18)12-16(24)6-10-20(26)28-2/h11-12,17-18,21-22H,3-10H2,1-2H3/b13-11-,14-12-. The quantitative estimate of drug-likeness (QED) is 0.446. The van der Waals surface area contributed by atoms with E-state index in [2.05, 4.69) is 20.1 Å². The number of carbonyl (C=O) groups excluding carboxylic acids is 4.